The van der Waals surface area contributed by atoms with Crippen LogP contribution in [-0.4, -0.2) is 48.7 Å². The third-order valence-electron chi connectivity index (χ3n) is 10.3. The molecule has 0 bridgehead atoms. The summed E-state index contributed by atoms with van der Waals surface area (Å²) >= 11 is 4.56. The van der Waals surface area contributed by atoms with Crippen LogP contribution < -0.4 is 21.7 Å². The fraction of sp³-hybridized carbons (Fsp3) is 0.154. The smallest absolute Gasteiger partial charge is 0.478 e. The van der Waals surface area contributed by atoms with Crippen molar-refractivity contribution in [2.75, 3.05) is 21.7 Å². The van der Waals surface area contributed by atoms with E-state index < -0.39 is 42.4 Å². The summed E-state index contributed by atoms with van der Waals surface area (Å²) in [4.78, 5) is 48.3. The maximum absolute atomic E-state index is 13.0. The second-order valence-corrected chi connectivity index (χ2v) is 17.2. The Morgan fingerprint density at radius 3 is 1.25 bits per heavy atom. The number of amides is 3. The minimum atomic E-state index is -4.53. The number of nitrogens with one attached hydrogen (secondary N) is 3. The fourth-order valence-electron chi connectivity index (χ4n) is 6.52. The first-order valence-electron chi connectivity index (χ1n) is 20.9. The van der Waals surface area contributed by atoms with Crippen molar-refractivity contribution in [3.8, 4) is 0 Å². The van der Waals surface area contributed by atoms with Crippen LogP contribution in [0.25, 0.3) is 11.1 Å². The van der Waals surface area contributed by atoms with Crippen LogP contribution in [0.2, 0.25) is 0 Å². The van der Waals surface area contributed by atoms with Crippen molar-refractivity contribution in [1.82, 2.24) is 0 Å². The first-order valence-corrected chi connectivity index (χ1v) is 23.1. The molecule has 0 saturated heterocycles. The number of hydrogen-bond donors (Lipinski definition) is 5. The highest BCUT2D eigenvalue weighted by atomic mass is 35.7. The molecule has 368 valence electrons. The van der Waals surface area contributed by atoms with E-state index in [9.17, 15) is 45.5 Å². The summed E-state index contributed by atoms with van der Waals surface area (Å²) in [5.41, 5.74) is 11.2. The number of aromatic carboxylic acids is 1. The molecule has 6 N–H and O–H groups in total. The number of anilines is 4. The molecule has 71 heavy (non-hydrogen) atoms. The van der Waals surface area contributed by atoms with Gasteiger partial charge in [0.1, 0.15) is 0 Å². The average Bonchev–Trinajstić information content (AvgIpc) is 3.28. The number of benzene rings is 6. The van der Waals surface area contributed by atoms with Gasteiger partial charge in [0.25, 0.3) is 17.7 Å². The predicted octanol–water partition coefficient (Wildman–Crippen LogP) is 14.1. The molecule has 19 heteroatoms. The molecule has 2 radical (unpaired) electrons. The van der Waals surface area contributed by atoms with E-state index in [0.717, 1.165) is 11.1 Å². The molecule has 0 fully saturated rings. The summed E-state index contributed by atoms with van der Waals surface area (Å²) < 4.78 is 85.2. The molecule has 6 aromatic rings. The molecular formula is C52H48BClF6N4O6P+. The average molecular weight is 1020 g/mol. The number of carboxylic acid groups (broad SMARTS) is 1. The van der Waals surface area contributed by atoms with Crippen molar-refractivity contribution in [3.05, 3.63) is 201 Å². The Hall–Kier alpha value is -7.49. The molecule has 10 nitrogen and oxygen atoms in total. The summed E-state index contributed by atoms with van der Waals surface area (Å²) in [7, 11) is 2.49. The summed E-state index contributed by atoms with van der Waals surface area (Å²) in [6.45, 7) is 16.4. The molecule has 0 saturated carbocycles. The SMILES string of the molecule is C=C(c1cc(C)c(N)c(C)c1)C(F)(F)F.C=C(c1cc(C)c(NC(=O)c2cccc(NC(=O)c3ccccc3C)c2)c(C)c1)C(F)(F)F.Cc1ccccc1C(=O)Nc1cccc(C(=O)O)c1.[B][P+](=O)Cl. The first kappa shape index (κ1) is 57.8. The molecule has 6 aromatic carbocycles. The van der Waals surface area contributed by atoms with E-state index in [1.165, 1.54) is 42.5 Å². The monoisotopic (exact) mass is 1020 g/mol. The Labute approximate surface area is 414 Å². The van der Waals surface area contributed by atoms with E-state index in [1.54, 1.807) is 82.3 Å². The molecule has 6 rings (SSSR count). The van der Waals surface area contributed by atoms with E-state index in [-0.39, 0.29) is 28.5 Å². The highest BCUT2D eigenvalue weighted by molar-refractivity contribution is 7.93. The number of carbonyl (C=O) groups is 4. The van der Waals surface area contributed by atoms with Gasteiger partial charge in [-0.25, -0.2) is 4.79 Å². The van der Waals surface area contributed by atoms with Gasteiger partial charge in [-0.1, -0.05) is 66.3 Å². The van der Waals surface area contributed by atoms with Crippen LogP contribution >= 0.6 is 18.3 Å². The van der Waals surface area contributed by atoms with Crippen molar-refractivity contribution in [1.29, 1.82) is 0 Å². The van der Waals surface area contributed by atoms with Gasteiger partial charge >= 0.3 is 32.9 Å². The Morgan fingerprint density at radius 2 is 0.887 bits per heavy atom. The van der Waals surface area contributed by atoms with Crippen molar-refractivity contribution in [3.63, 3.8) is 0 Å². The summed E-state index contributed by atoms with van der Waals surface area (Å²) in [5.74, 6) is -2.01. The van der Waals surface area contributed by atoms with Gasteiger partial charge in [-0.15, -0.1) is 0 Å². The zero-order valence-electron chi connectivity index (χ0n) is 39.2. The van der Waals surface area contributed by atoms with Crippen LogP contribution in [0.15, 0.2) is 134 Å². The summed E-state index contributed by atoms with van der Waals surface area (Å²) in [5, 5.41) is 17.1. The van der Waals surface area contributed by atoms with E-state index in [1.807, 2.05) is 38.1 Å². The normalized spacial score (nSPS) is 10.9. The van der Waals surface area contributed by atoms with Gasteiger partial charge in [-0.2, -0.15) is 26.3 Å². The second-order valence-electron chi connectivity index (χ2n) is 15.7. The number of nitrogens with two attached hydrogens (primary N) is 1. The van der Waals surface area contributed by atoms with Crippen LogP contribution in [0, 0.1) is 41.5 Å². The number of hydrogen-bond acceptors (Lipinski definition) is 6. The Kier molecular flexibility index (Phi) is 20.7. The molecule has 1 unspecified atom stereocenters. The van der Waals surface area contributed by atoms with E-state index >= 15 is 0 Å². The Morgan fingerprint density at radius 1 is 0.535 bits per heavy atom. The van der Waals surface area contributed by atoms with Crippen molar-refractivity contribution in [2.24, 2.45) is 0 Å². The zero-order chi connectivity index (χ0) is 53.5. The lowest BCUT2D eigenvalue weighted by molar-refractivity contribution is -0.0695. The summed E-state index contributed by atoms with van der Waals surface area (Å²) in [6.07, 6.45) is -8.93. The van der Waals surface area contributed by atoms with Crippen molar-refractivity contribution in [2.45, 2.75) is 53.9 Å². The molecule has 0 spiro atoms. The number of carbonyl (C=O) groups excluding carboxylic acids is 3. The molecule has 0 aliphatic carbocycles. The number of allylic oxidation sites excluding steroid dienone is 2. The number of alkyl halides is 6. The third kappa shape index (κ3) is 17.5. The van der Waals surface area contributed by atoms with Crippen LogP contribution in [0.4, 0.5) is 49.1 Å². The van der Waals surface area contributed by atoms with Gasteiger partial charge in [0.05, 0.1) is 16.7 Å². The minimum absolute atomic E-state index is 0.0450. The minimum Gasteiger partial charge on any atom is -0.478 e. The Balaban J connectivity index is 0.000000295. The van der Waals surface area contributed by atoms with Gasteiger partial charge in [-0.3, -0.25) is 14.4 Å². The van der Waals surface area contributed by atoms with Gasteiger partial charge in [0, 0.05) is 39.4 Å². The predicted molar refractivity (Wildman–Crippen MR) is 272 cm³/mol. The molecule has 0 aliphatic heterocycles. The molecule has 0 aromatic heterocycles. The third-order valence-corrected chi connectivity index (χ3v) is 10.3. The molecule has 0 aliphatic rings. The molecular weight excluding hydrogens is 968 g/mol. The number of nitrogen functional groups attached to an aromatic ring is 1. The molecule has 1 atom stereocenters. The number of rotatable bonds is 9. The lowest BCUT2D eigenvalue weighted by Gasteiger charge is -2.16. The van der Waals surface area contributed by atoms with Crippen molar-refractivity contribution < 1.29 is 55.2 Å². The van der Waals surface area contributed by atoms with Gasteiger partial charge < -0.3 is 26.8 Å². The quantitative estimate of drug-likeness (QED) is 0.0416. The van der Waals surface area contributed by atoms with Crippen LogP contribution in [-0.2, 0) is 4.57 Å². The summed E-state index contributed by atoms with van der Waals surface area (Å²) in [6, 6.07) is 32.5. The van der Waals surface area contributed by atoms with E-state index in [2.05, 4.69) is 47.9 Å². The van der Waals surface area contributed by atoms with Gasteiger partial charge in [-0.05, 0) is 159 Å². The fourth-order valence-corrected chi connectivity index (χ4v) is 6.52. The lowest BCUT2D eigenvalue weighted by Crippen LogP contribution is -2.16. The van der Waals surface area contributed by atoms with Crippen LogP contribution in [0.5, 0.6) is 0 Å². The van der Waals surface area contributed by atoms with Crippen LogP contribution in [0.1, 0.15) is 85.9 Å². The standard InChI is InChI=1S/C26H23F3N2O2.C15H13NO3.C11H12F3N.BClOP/c1-15-8-5-6-11-22(15)25(33)30-21-10-7-9-19(14-21)24(32)31-23-16(2)12-20(13-17(23)3)18(4)26(27,28)29;1-10-5-2-3-8-13(10)14(17)16-12-7-4-6-11(9-12)15(18)19;1-6-4-9(5-7(2)10(6)15)8(3)11(12,13)14;1-4(2)3/h5-14H,4H2,1-3H3,(H,30,33)(H,31,32);2-9H,1H3,(H,16,17)(H,18,19);4-5H,3,15H2,1-2H3;/q;;;+1. The van der Waals surface area contributed by atoms with Gasteiger partial charge in [0.2, 0.25) is 0 Å². The number of aryl methyl sites for hydroxylation is 6. The maximum Gasteiger partial charge on any atom is 0.532 e. The van der Waals surface area contributed by atoms with E-state index in [4.69, 9.17) is 15.4 Å². The molecule has 0 heterocycles. The maximum atomic E-state index is 13.0. The first-order chi connectivity index (χ1) is 33.0. The molecule has 3 amide bonds. The second kappa shape index (κ2) is 25.4. The lowest BCUT2D eigenvalue weighted by atomic mass is 9.99. The number of halogens is 7. The zero-order valence-corrected chi connectivity index (χ0v) is 40.8. The highest BCUT2D eigenvalue weighted by Gasteiger charge is 2.34. The highest BCUT2D eigenvalue weighted by Crippen LogP contribution is 2.36. The largest absolute Gasteiger partial charge is 0.532 e. The Bertz CT molecular complexity index is 2950. The van der Waals surface area contributed by atoms with Crippen molar-refractivity contribution >= 4 is 83.4 Å². The van der Waals surface area contributed by atoms with Crippen LogP contribution in [0.3, 0.4) is 0 Å². The van der Waals surface area contributed by atoms with Gasteiger partial charge in [0.15, 0.2) is 11.2 Å². The number of carboxylic acids is 1. The topological polar surface area (TPSA) is 168 Å². The van der Waals surface area contributed by atoms with E-state index in [0.29, 0.717) is 61.7 Å².